The molecule has 0 aromatic heterocycles. The van der Waals surface area contributed by atoms with Crippen LogP contribution in [-0.2, 0) is 14.8 Å². The van der Waals surface area contributed by atoms with Crippen LogP contribution in [0.5, 0.6) is 0 Å². The predicted octanol–water partition coefficient (Wildman–Crippen LogP) is 2.40. The van der Waals surface area contributed by atoms with E-state index in [4.69, 9.17) is 4.74 Å². The molecule has 0 heterocycles. The number of hydrogen-bond acceptors (Lipinski definition) is 4. The maximum Gasteiger partial charge on any atom is 0.407 e. The molecule has 0 radical (unpaired) electrons. The van der Waals surface area contributed by atoms with Gasteiger partial charge in [0.2, 0.25) is 10.0 Å². The number of unbranched alkanes of at least 4 members (excludes halogenated alkanes) is 1. The summed E-state index contributed by atoms with van der Waals surface area (Å²) in [5, 5.41) is 2.86. The Balaban J connectivity index is 2.30. The van der Waals surface area contributed by atoms with Crippen LogP contribution in [-0.4, -0.2) is 38.5 Å². The van der Waals surface area contributed by atoms with E-state index < -0.39 is 21.7 Å². The van der Waals surface area contributed by atoms with Gasteiger partial charge in [0.15, 0.2) is 0 Å². The van der Waals surface area contributed by atoms with Crippen LogP contribution in [0, 0.1) is 5.92 Å². The molecule has 1 amide bonds. The summed E-state index contributed by atoms with van der Waals surface area (Å²) in [4.78, 5) is 11.7. The van der Waals surface area contributed by atoms with E-state index in [0.29, 0.717) is 13.0 Å². The van der Waals surface area contributed by atoms with Gasteiger partial charge >= 0.3 is 6.09 Å². The number of sulfonamides is 1. The minimum Gasteiger partial charge on any atom is -0.444 e. The molecule has 2 atom stereocenters. The Labute approximate surface area is 134 Å². The van der Waals surface area contributed by atoms with Gasteiger partial charge in [-0.3, -0.25) is 0 Å². The Bertz CT molecular complexity index is 457. The number of ether oxygens (including phenoxy) is 1. The SMILES string of the molecule is CCCCS(=O)(=O)NC[C@H]1CC[C@@H](NC(=O)OC(C)(C)C)C1. The Morgan fingerprint density at radius 2 is 1.95 bits per heavy atom. The van der Waals surface area contributed by atoms with Crippen LogP contribution in [0.25, 0.3) is 0 Å². The van der Waals surface area contributed by atoms with Gasteiger partial charge in [-0.2, -0.15) is 0 Å². The highest BCUT2D eigenvalue weighted by atomic mass is 32.2. The normalized spacial score (nSPS) is 22.5. The molecule has 0 spiro atoms. The number of carbonyl (C=O) groups excluding carboxylic acids is 1. The maximum atomic E-state index is 11.8. The molecule has 0 bridgehead atoms. The highest BCUT2D eigenvalue weighted by Crippen LogP contribution is 2.25. The van der Waals surface area contributed by atoms with E-state index in [0.717, 1.165) is 25.7 Å². The van der Waals surface area contributed by atoms with Crippen LogP contribution in [0.1, 0.15) is 59.8 Å². The first-order valence-electron chi connectivity index (χ1n) is 8.08. The molecule has 6 nitrogen and oxygen atoms in total. The highest BCUT2D eigenvalue weighted by molar-refractivity contribution is 7.89. The summed E-state index contributed by atoms with van der Waals surface area (Å²) < 4.78 is 31.4. The average Bonchev–Trinajstić information content (AvgIpc) is 2.79. The van der Waals surface area contributed by atoms with Crippen LogP contribution in [0.2, 0.25) is 0 Å². The zero-order valence-corrected chi connectivity index (χ0v) is 15.0. The van der Waals surface area contributed by atoms with Crippen molar-refractivity contribution in [2.45, 2.75) is 71.4 Å². The second-order valence-corrected chi connectivity index (χ2v) is 8.97. The van der Waals surface area contributed by atoms with Gasteiger partial charge in [-0.1, -0.05) is 13.3 Å². The van der Waals surface area contributed by atoms with Crippen LogP contribution in [0.15, 0.2) is 0 Å². The van der Waals surface area contributed by atoms with E-state index in [2.05, 4.69) is 10.0 Å². The van der Waals surface area contributed by atoms with Gasteiger partial charge < -0.3 is 10.1 Å². The molecule has 22 heavy (non-hydrogen) atoms. The minimum atomic E-state index is -3.16. The molecule has 1 fully saturated rings. The van der Waals surface area contributed by atoms with Gasteiger partial charge in [-0.15, -0.1) is 0 Å². The van der Waals surface area contributed by atoms with E-state index in [-0.39, 0.29) is 17.7 Å². The molecule has 1 rings (SSSR count). The van der Waals surface area contributed by atoms with E-state index in [1.54, 1.807) is 0 Å². The predicted molar refractivity (Wildman–Crippen MR) is 87.2 cm³/mol. The molecular formula is C15H30N2O4S. The second-order valence-electron chi connectivity index (χ2n) is 7.04. The molecule has 0 unspecified atom stereocenters. The van der Waals surface area contributed by atoms with E-state index in [1.165, 1.54) is 0 Å². The van der Waals surface area contributed by atoms with Crippen molar-refractivity contribution in [3.8, 4) is 0 Å². The van der Waals surface area contributed by atoms with Crippen LogP contribution in [0.4, 0.5) is 4.79 Å². The Kier molecular flexibility index (Phi) is 7.12. The number of rotatable bonds is 7. The van der Waals surface area contributed by atoms with Gasteiger partial charge in [-0.25, -0.2) is 17.9 Å². The summed E-state index contributed by atoms with van der Waals surface area (Å²) in [5.41, 5.74) is -0.503. The van der Waals surface area contributed by atoms with Crippen molar-refractivity contribution in [1.82, 2.24) is 10.0 Å². The fourth-order valence-electron chi connectivity index (χ4n) is 2.52. The first kappa shape index (κ1) is 19.2. The maximum absolute atomic E-state index is 11.8. The number of alkyl carbamates (subject to hydrolysis) is 1. The van der Waals surface area contributed by atoms with Gasteiger partial charge in [0, 0.05) is 12.6 Å². The van der Waals surface area contributed by atoms with E-state index in [9.17, 15) is 13.2 Å². The number of nitrogens with one attached hydrogen (secondary N) is 2. The lowest BCUT2D eigenvalue weighted by Crippen LogP contribution is -2.38. The standard InChI is InChI=1S/C15H30N2O4S/c1-5-6-9-22(19,20)16-11-12-7-8-13(10-12)17-14(18)21-15(2,3)4/h12-13,16H,5-11H2,1-4H3,(H,17,18)/t12-,13+/m0/s1. The topological polar surface area (TPSA) is 84.5 Å². The van der Waals surface area contributed by atoms with Crippen molar-refractivity contribution in [3.63, 3.8) is 0 Å². The largest absolute Gasteiger partial charge is 0.444 e. The summed E-state index contributed by atoms with van der Waals surface area (Å²) in [7, 11) is -3.16. The summed E-state index contributed by atoms with van der Waals surface area (Å²) in [6, 6.07) is 0.0694. The molecule has 0 aromatic carbocycles. The Morgan fingerprint density at radius 1 is 1.27 bits per heavy atom. The molecular weight excluding hydrogens is 304 g/mol. The van der Waals surface area contributed by atoms with Gasteiger partial charge in [0.1, 0.15) is 5.60 Å². The zero-order chi connectivity index (χ0) is 16.8. The third kappa shape index (κ3) is 7.98. The Morgan fingerprint density at radius 3 is 2.55 bits per heavy atom. The zero-order valence-electron chi connectivity index (χ0n) is 14.1. The van der Waals surface area contributed by atoms with Gasteiger partial charge in [0.25, 0.3) is 0 Å². The first-order valence-corrected chi connectivity index (χ1v) is 9.73. The lowest BCUT2D eigenvalue weighted by atomic mass is 10.1. The van der Waals surface area contributed by atoms with Crippen molar-refractivity contribution in [2.75, 3.05) is 12.3 Å². The second kappa shape index (κ2) is 8.15. The van der Waals surface area contributed by atoms with E-state index in [1.807, 2.05) is 27.7 Å². The molecule has 0 aliphatic heterocycles. The molecule has 0 saturated heterocycles. The lowest BCUT2D eigenvalue weighted by Gasteiger charge is -2.21. The quantitative estimate of drug-likeness (QED) is 0.749. The summed E-state index contributed by atoms with van der Waals surface area (Å²) in [5.74, 6) is 0.465. The summed E-state index contributed by atoms with van der Waals surface area (Å²) >= 11 is 0. The van der Waals surface area contributed by atoms with E-state index >= 15 is 0 Å². The molecule has 7 heteroatoms. The van der Waals surface area contributed by atoms with Crippen LogP contribution in [0.3, 0.4) is 0 Å². The Hall–Kier alpha value is -0.820. The average molecular weight is 334 g/mol. The number of amides is 1. The van der Waals surface area contributed by atoms with Crippen molar-refractivity contribution in [1.29, 1.82) is 0 Å². The monoisotopic (exact) mass is 334 g/mol. The summed E-state index contributed by atoms with van der Waals surface area (Å²) in [6.45, 7) is 7.91. The molecule has 1 aliphatic rings. The van der Waals surface area contributed by atoms with Crippen LogP contribution < -0.4 is 10.0 Å². The van der Waals surface area contributed by atoms with Crippen molar-refractivity contribution in [3.05, 3.63) is 0 Å². The number of carbonyl (C=O) groups is 1. The fraction of sp³-hybridized carbons (Fsp3) is 0.933. The molecule has 1 aliphatic carbocycles. The van der Waals surface area contributed by atoms with Gasteiger partial charge in [0.05, 0.1) is 5.75 Å². The van der Waals surface area contributed by atoms with Crippen molar-refractivity contribution in [2.24, 2.45) is 5.92 Å². The highest BCUT2D eigenvalue weighted by Gasteiger charge is 2.28. The molecule has 130 valence electrons. The first-order chi connectivity index (χ1) is 10.1. The fourth-order valence-corrected chi connectivity index (χ4v) is 3.82. The summed E-state index contributed by atoms with van der Waals surface area (Å²) in [6.07, 6.45) is 3.71. The van der Waals surface area contributed by atoms with Gasteiger partial charge in [-0.05, 0) is 52.4 Å². The third-order valence-corrected chi connectivity index (χ3v) is 5.05. The smallest absolute Gasteiger partial charge is 0.407 e. The lowest BCUT2D eigenvalue weighted by molar-refractivity contribution is 0.0504. The number of hydrogen-bond donors (Lipinski definition) is 2. The third-order valence-electron chi connectivity index (χ3n) is 3.62. The van der Waals surface area contributed by atoms with Crippen LogP contribution >= 0.6 is 0 Å². The minimum absolute atomic E-state index is 0.0694. The molecule has 2 N–H and O–H groups in total. The molecule has 0 aromatic rings. The van der Waals surface area contributed by atoms with Crippen molar-refractivity contribution >= 4 is 16.1 Å². The molecule has 1 saturated carbocycles. The van der Waals surface area contributed by atoms with Crippen molar-refractivity contribution < 1.29 is 17.9 Å².